The van der Waals surface area contributed by atoms with E-state index in [0.29, 0.717) is 18.7 Å². The summed E-state index contributed by atoms with van der Waals surface area (Å²) in [5.74, 6) is -0.787. The van der Waals surface area contributed by atoms with E-state index in [1.165, 1.54) is 0 Å². The van der Waals surface area contributed by atoms with Crippen LogP contribution in [0.4, 0.5) is 0 Å². The van der Waals surface area contributed by atoms with Crippen molar-refractivity contribution < 1.29 is 14.7 Å². The smallest absolute Gasteiger partial charge is 0.304 e. The molecule has 0 aliphatic rings. The predicted octanol–water partition coefficient (Wildman–Crippen LogP) is 1.80. The summed E-state index contributed by atoms with van der Waals surface area (Å²) < 4.78 is 0. The van der Waals surface area contributed by atoms with E-state index >= 15 is 0 Å². The molecule has 0 bridgehead atoms. The number of hydrogen-bond acceptors (Lipinski definition) is 3. The summed E-state index contributed by atoms with van der Waals surface area (Å²) >= 11 is 0. The standard InChI is InChI=1S/C13H17NO3/c1-2-14(7-6-13(16)17)9-11-4-3-5-12(8-11)10-15/h3-5,8,10H,2,6-7,9H2,1H3,(H,16,17). The Kier molecular flexibility index (Phi) is 5.36. The molecule has 0 radical (unpaired) electrons. The second-order valence-electron chi connectivity index (χ2n) is 3.88. The number of carboxylic acids is 1. The first-order valence-electron chi connectivity index (χ1n) is 5.64. The van der Waals surface area contributed by atoms with Gasteiger partial charge in [-0.15, -0.1) is 0 Å². The first-order chi connectivity index (χ1) is 8.15. The second kappa shape index (κ2) is 6.81. The molecule has 0 aromatic heterocycles. The Morgan fingerprint density at radius 2 is 2.24 bits per heavy atom. The number of carbonyl (C=O) groups excluding carboxylic acids is 1. The van der Waals surface area contributed by atoms with Crippen LogP contribution in [0.1, 0.15) is 29.3 Å². The van der Waals surface area contributed by atoms with Crippen molar-refractivity contribution in [2.45, 2.75) is 19.9 Å². The van der Waals surface area contributed by atoms with Gasteiger partial charge in [0.25, 0.3) is 0 Å². The first-order valence-corrected chi connectivity index (χ1v) is 5.64. The molecule has 0 spiro atoms. The summed E-state index contributed by atoms with van der Waals surface area (Å²) in [6.07, 6.45) is 0.957. The highest BCUT2D eigenvalue weighted by Gasteiger charge is 2.06. The molecule has 1 N–H and O–H groups in total. The van der Waals surface area contributed by atoms with Gasteiger partial charge in [-0.2, -0.15) is 0 Å². The van der Waals surface area contributed by atoms with Crippen LogP contribution in [-0.2, 0) is 11.3 Å². The summed E-state index contributed by atoms with van der Waals surface area (Å²) in [5.41, 5.74) is 1.68. The highest BCUT2D eigenvalue weighted by Crippen LogP contribution is 2.07. The maximum Gasteiger partial charge on any atom is 0.304 e. The SMILES string of the molecule is CCN(CCC(=O)O)Cc1cccc(C=O)c1. The summed E-state index contributed by atoms with van der Waals surface area (Å²) in [6.45, 7) is 3.98. The number of aldehydes is 1. The molecule has 1 rings (SSSR count). The van der Waals surface area contributed by atoms with E-state index in [1.54, 1.807) is 6.07 Å². The quantitative estimate of drug-likeness (QED) is 0.732. The molecule has 0 saturated heterocycles. The fraction of sp³-hybridized carbons (Fsp3) is 0.385. The topological polar surface area (TPSA) is 57.6 Å². The van der Waals surface area contributed by atoms with E-state index in [0.717, 1.165) is 18.4 Å². The number of benzene rings is 1. The lowest BCUT2D eigenvalue weighted by atomic mass is 10.1. The van der Waals surface area contributed by atoms with Gasteiger partial charge in [-0.1, -0.05) is 25.1 Å². The van der Waals surface area contributed by atoms with Gasteiger partial charge in [-0.25, -0.2) is 0 Å². The van der Waals surface area contributed by atoms with Crippen molar-refractivity contribution in [2.24, 2.45) is 0 Å². The Bertz CT molecular complexity index is 390. The van der Waals surface area contributed by atoms with Gasteiger partial charge >= 0.3 is 5.97 Å². The van der Waals surface area contributed by atoms with E-state index < -0.39 is 5.97 Å². The average molecular weight is 235 g/mol. The summed E-state index contributed by atoms with van der Waals surface area (Å²) in [5, 5.41) is 8.63. The van der Waals surface area contributed by atoms with E-state index in [9.17, 15) is 9.59 Å². The Morgan fingerprint density at radius 1 is 1.47 bits per heavy atom. The van der Waals surface area contributed by atoms with Crippen molar-refractivity contribution in [3.63, 3.8) is 0 Å². The molecule has 1 aromatic carbocycles. The van der Waals surface area contributed by atoms with Crippen LogP contribution >= 0.6 is 0 Å². The summed E-state index contributed by atoms with van der Waals surface area (Å²) in [6, 6.07) is 7.36. The number of nitrogens with zero attached hydrogens (tertiary/aromatic N) is 1. The molecule has 17 heavy (non-hydrogen) atoms. The number of rotatable bonds is 7. The third kappa shape index (κ3) is 4.78. The normalized spacial score (nSPS) is 10.5. The number of carbonyl (C=O) groups is 2. The molecule has 92 valence electrons. The van der Waals surface area contributed by atoms with Crippen molar-refractivity contribution >= 4 is 12.3 Å². The van der Waals surface area contributed by atoms with Crippen LogP contribution in [-0.4, -0.2) is 35.4 Å². The summed E-state index contributed by atoms with van der Waals surface area (Å²) in [4.78, 5) is 23.2. The van der Waals surface area contributed by atoms with Gasteiger partial charge in [0.2, 0.25) is 0 Å². The Morgan fingerprint density at radius 3 is 2.82 bits per heavy atom. The molecular formula is C13H17NO3. The predicted molar refractivity (Wildman–Crippen MR) is 65.0 cm³/mol. The van der Waals surface area contributed by atoms with Crippen molar-refractivity contribution in [3.05, 3.63) is 35.4 Å². The third-order valence-electron chi connectivity index (χ3n) is 2.58. The number of hydrogen-bond donors (Lipinski definition) is 1. The molecule has 0 unspecified atom stereocenters. The van der Waals surface area contributed by atoms with Gasteiger partial charge in [0.1, 0.15) is 6.29 Å². The van der Waals surface area contributed by atoms with Crippen LogP contribution in [0, 0.1) is 0 Å². The van der Waals surface area contributed by atoms with E-state index in [1.807, 2.05) is 30.0 Å². The van der Waals surface area contributed by atoms with E-state index in [4.69, 9.17) is 5.11 Å². The Balaban J connectivity index is 2.59. The van der Waals surface area contributed by atoms with Crippen LogP contribution in [0.2, 0.25) is 0 Å². The lowest BCUT2D eigenvalue weighted by Gasteiger charge is -2.19. The van der Waals surface area contributed by atoms with Crippen molar-refractivity contribution in [3.8, 4) is 0 Å². The van der Waals surface area contributed by atoms with Crippen molar-refractivity contribution in [2.75, 3.05) is 13.1 Å². The minimum atomic E-state index is -0.787. The Labute approximate surface area is 101 Å². The molecule has 0 aliphatic carbocycles. The first kappa shape index (κ1) is 13.4. The lowest BCUT2D eigenvalue weighted by molar-refractivity contribution is -0.137. The van der Waals surface area contributed by atoms with Gasteiger partial charge in [0, 0.05) is 18.7 Å². The van der Waals surface area contributed by atoms with Crippen LogP contribution in [0.25, 0.3) is 0 Å². The van der Waals surface area contributed by atoms with Crippen LogP contribution in [0.3, 0.4) is 0 Å². The zero-order chi connectivity index (χ0) is 12.7. The van der Waals surface area contributed by atoms with E-state index in [-0.39, 0.29) is 6.42 Å². The minimum absolute atomic E-state index is 0.140. The van der Waals surface area contributed by atoms with Gasteiger partial charge < -0.3 is 5.11 Å². The van der Waals surface area contributed by atoms with E-state index in [2.05, 4.69) is 0 Å². The number of carboxylic acid groups (broad SMARTS) is 1. The van der Waals surface area contributed by atoms with Crippen molar-refractivity contribution in [1.29, 1.82) is 0 Å². The molecule has 4 nitrogen and oxygen atoms in total. The molecule has 0 saturated carbocycles. The highest BCUT2D eigenvalue weighted by atomic mass is 16.4. The fourth-order valence-electron chi connectivity index (χ4n) is 1.63. The van der Waals surface area contributed by atoms with Gasteiger partial charge in [0.05, 0.1) is 6.42 Å². The van der Waals surface area contributed by atoms with Crippen LogP contribution < -0.4 is 0 Å². The van der Waals surface area contributed by atoms with Gasteiger partial charge in [-0.3, -0.25) is 14.5 Å². The second-order valence-corrected chi connectivity index (χ2v) is 3.88. The van der Waals surface area contributed by atoms with Crippen LogP contribution in [0.15, 0.2) is 24.3 Å². The molecule has 0 heterocycles. The molecule has 0 atom stereocenters. The maximum absolute atomic E-state index is 10.6. The van der Waals surface area contributed by atoms with Gasteiger partial charge in [-0.05, 0) is 18.2 Å². The van der Waals surface area contributed by atoms with Crippen molar-refractivity contribution in [1.82, 2.24) is 4.90 Å². The molecular weight excluding hydrogens is 218 g/mol. The molecule has 0 amide bonds. The maximum atomic E-state index is 10.6. The molecule has 1 aromatic rings. The number of aliphatic carboxylic acids is 1. The largest absolute Gasteiger partial charge is 0.481 e. The lowest BCUT2D eigenvalue weighted by Crippen LogP contribution is -2.25. The Hall–Kier alpha value is -1.68. The average Bonchev–Trinajstić information content (AvgIpc) is 2.34. The summed E-state index contributed by atoms with van der Waals surface area (Å²) in [7, 11) is 0. The monoisotopic (exact) mass is 235 g/mol. The molecule has 0 fully saturated rings. The molecule has 0 aliphatic heterocycles. The zero-order valence-corrected chi connectivity index (χ0v) is 9.93. The fourth-order valence-corrected chi connectivity index (χ4v) is 1.63. The van der Waals surface area contributed by atoms with Gasteiger partial charge in [0.15, 0.2) is 0 Å². The third-order valence-corrected chi connectivity index (χ3v) is 2.58. The highest BCUT2D eigenvalue weighted by molar-refractivity contribution is 5.74. The van der Waals surface area contributed by atoms with Crippen LogP contribution in [0.5, 0.6) is 0 Å². The minimum Gasteiger partial charge on any atom is -0.481 e. The molecule has 4 heteroatoms. The zero-order valence-electron chi connectivity index (χ0n) is 9.93.